The molecule has 0 aliphatic heterocycles. The third-order valence-corrected chi connectivity index (χ3v) is 4.57. The third kappa shape index (κ3) is 6.70. The number of methoxy groups -OCH3 is 1. The predicted octanol–water partition coefficient (Wildman–Crippen LogP) is 3.46. The zero-order valence-electron chi connectivity index (χ0n) is 18.0. The molecule has 32 heavy (non-hydrogen) atoms. The lowest BCUT2D eigenvalue weighted by atomic mass is 10.2. The first-order valence-electron chi connectivity index (χ1n) is 10.1. The molecule has 0 atom stereocenters. The molecule has 2 N–H and O–H groups in total. The van der Waals surface area contributed by atoms with Crippen molar-refractivity contribution in [3.8, 4) is 11.5 Å². The molecule has 7 heteroatoms. The van der Waals surface area contributed by atoms with Crippen molar-refractivity contribution in [2.24, 2.45) is 5.10 Å². The van der Waals surface area contributed by atoms with Crippen LogP contribution in [0.2, 0.25) is 0 Å². The summed E-state index contributed by atoms with van der Waals surface area (Å²) in [5.41, 5.74) is 5.85. The first-order chi connectivity index (χ1) is 15.5. The van der Waals surface area contributed by atoms with E-state index in [2.05, 4.69) is 28.0 Å². The molecule has 0 saturated heterocycles. The van der Waals surface area contributed by atoms with Gasteiger partial charge in [0.1, 0.15) is 18.1 Å². The van der Waals surface area contributed by atoms with E-state index in [4.69, 9.17) is 9.47 Å². The fourth-order valence-corrected chi connectivity index (χ4v) is 2.81. The van der Waals surface area contributed by atoms with Crippen molar-refractivity contribution < 1.29 is 19.1 Å². The van der Waals surface area contributed by atoms with Crippen LogP contribution >= 0.6 is 0 Å². The molecule has 3 aromatic rings. The highest BCUT2D eigenvalue weighted by atomic mass is 16.5. The van der Waals surface area contributed by atoms with Gasteiger partial charge in [-0.3, -0.25) is 9.59 Å². The van der Waals surface area contributed by atoms with Gasteiger partial charge in [-0.25, -0.2) is 5.43 Å². The molecule has 0 heterocycles. The van der Waals surface area contributed by atoms with Crippen LogP contribution in [0.5, 0.6) is 11.5 Å². The molecule has 0 saturated carbocycles. The number of benzene rings is 3. The molecule has 0 radical (unpaired) electrons. The lowest BCUT2D eigenvalue weighted by Crippen LogP contribution is -2.35. The molecule has 164 valence electrons. The maximum atomic E-state index is 12.2. The van der Waals surface area contributed by atoms with Crippen LogP contribution in [0, 0.1) is 6.92 Å². The first-order valence-corrected chi connectivity index (χ1v) is 10.1. The largest absolute Gasteiger partial charge is 0.496 e. The zero-order chi connectivity index (χ0) is 22.8. The predicted molar refractivity (Wildman–Crippen MR) is 123 cm³/mol. The van der Waals surface area contributed by atoms with Crippen LogP contribution in [0.1, 0.15) is 27.0 Å². The standard InChI is InChI=1S/C25H25N3O4/c1-18-7-9-20(10-8-18)17-32-21-13-11-19(12-14-21)15-27-28-24(29)16-26-25(30)22-5-3-4-6-23(22)31-2/h3-15H,16-17H2,1-2H3,(H,26,30)(H,28,29). The molecule has 0 aromatic heterocycles. The average molecular weight is 431 g/mol. The fraction of sp³-hybridized carbons (Fsp3) is 0.160. The first kappa shape index (κ1) is 22.6. The number of para-hydroxylation sites is 1. The highest BCUT2D eigenvalue weighted by Gasteiger charge is 2.12. The van der Waals surface area contributed by atoms with Gasteiger partial charge in [0.05, 0.1) is 25.4 Å². The lowest BCUT2D eigenvalue weighted by molar-refractivity contribution is -0.120. The molecular weight excluding hydrogens is 406 g/mol. The molecule has 0 spiro atoms. The number of ether oxygens (including phenoxy) is 2. The van der Waals surface area contributed by atoms with E-state index in [0.717, 1.165) is 16.9 Å². The number of hydrazone groups is 1. The number of carbonyl (C=O) groups is 2. The molecule has 0 fully saturated rings. The van der Waals surface area contributed by atoms with Crippen LogP contribution in [0.4, 0.5) is 0 Å². The summed E-state index contributed by atoms with van der Waals surface area (Å²) in [6.07, 6.45) is 1.52. The number of hydrogen-bond donors (Lipinski definition) is 2. The summed E-state index contributed by atoms with van der Waals surface area (Å²) >= 11 is 0. The van der Waals surface area contributed by atoms with Gasteiger partial charge in [-0.1, -0.05) is 42.0 Å². The Morgan fingerprint density at radius 1 is 0.969 bits per heavy atom. The molecule has 0 aliphatic carbocycles. The lowest BCUT2D eigenvalue weighted by Gasteiger charge is -2.08. The summed E-state index contributed by atoms with van der Waals surface area (Å²) in [4.78, 5) is 24.1. The van der Waals surface area contributed by atoms with Crippen molar-refractivity contribution in [1.29, 1.82) is 0 Å². The van der Waals surface area contributed by atoms with Gasteiger partial charge in [-0.05, 0) is 54.4 Å². The Balaban J connectivity index is 1.42. The molecule has 0 bridgehead atoms. The highest BCUT2D eigenvalue weighted by Crippen LogP contribution is 2.16. The van der Waals surface area contributed by atoms with Crippen molar-refractivity contribution >= 4 is 18.0 Å². The Kier molecular flexibility index (Phi) is 7.97. The van der Waals surface area contributed by atoms with Crippen molar-refractivity contribution in [2.75, 3.05) is 13.7 Å². The monoisotopic (exact) mass is 431 g/mol. The van der Waals surface area contributed by atoms with Crippen LogP contribution in [0.25, 0.3) is 0 Å². The normalized spacial score (nSPS) is 10.6. The topological polar surface area (TPSA) is 89.0 Å². The van der Waals surface area contributed by atoms with Crippen LogP contribution in [0.3, 0.4) is 0 Å². The summed E-state index contributed by atoms with van der Waals surface area (Å²) in [5.74, 6) is 0.339. The van der Waals surface area contributed by atoms with Gasteiger partial charge >= 0.3 is 0 Å². The van der Waals surface area contributed by atoms with Crippen molar-refractivity contribution in [1.82, 2.24) is 10.7 Å². The Morgan fingerprint density at radius 2 is 1.69 bits per heavy atom. The van der Waals surface area contributed by atoms with Crippen LogP contribution < -0.4 is 20.2 Å². The van der Waals surface area contributed by atoms with Gasteiger partial charge < -0.3 is 14.8 Å². The maximum Gasteiger partial charge on any atom is 0.259 e. The van der Waals surface area contributed by atoms with Crippen LogP contribution in [-0.2, 0) is 11.4 Å². The average Bonchev–Trinajstić information content (AvgIpc) is 2.83. The number of nitrogens with zero attached hydrogens (tertiary/aromatic N) is 1. The zero-order valence-corrected chi connectivity index (χ0v) is 18.0. The second-order valence-corrected chi connectivity index (χ2v) is 7.02. The molecule has 3 rings (SSSR count). The van der Waals surface area contributed by atoms with Gasteiger partial charge in [-0.15, -0.1) is 0 Å². The van der Waals surface area contributed by atoms with Gasteiger partial charge in [0.2, 0.25) is 0 Å². The second-order valence-electron chi connectivity index (χ2n) is 7.02. The van der Waals surface area contributed by atoms with E-state index in [1.54, 1.807) is 24.3 Å². The Labute approximate surface area is 187 Å². The molecular formula is C25H25N3O4. The van der Waals surface area contributed by atoms with E-state index in [0.29, 0.717) is 17.9 Å². The summed E-state index contributed by atoms with van der Waals surface area (Å²) in [7, 11) is 1.48. The minimum Gasteiger partial charge on any atom is -0.496 e. The quantitative estimate of drug-likeness (QED) is 0.401. The maximum absolute atomic E-state index is 12.2. The number of rotatable bonds is 9. The van der Waals surface area contributed by atoms with Crippen LogP contribution in [-0.4, -0.2) is 31.7 Å². The Hall–Kier alpha value is -4.13. The van der Waals surface area contributed by atoms with E-state index in [9.17, 15) is 9.59 Å². The van der Waals surface area contributed by atoms with Gasteiger partial charge in [0.15, 0.2) is 0 Å². The molecule has 2 amide bonds. The van der Waals surface area contributed by atoms with Gasteiger partial charge in [0, 0.05) is 0 Å². The molecule has 3 aromatic carbocycles. The number of aryl methyl sites for hydroxylation is 1. The molecule has 7 nitrogen and oxygen atoms in total. The van der Waals surface area contributed by atoms with Crippen molar-refractivity contribution in [2.45, 2.75) is 13.5 Å². The van der Waals surface area contributed by atoms with Crippen molar-refractivity contribution in [3.05, 3.63) is 95.1 Å². The SMILES string of the molecule is COc1ccccc1C(=O)NCC(=O)NN=Cc1ccc(OCc2ccc(C)cc2)cc1. The Bertz CT molecular complexity index is 1080. The summed E-state index contributed by atoms with van der Waals surface area (Å²) < 4.78 is 10.9. The second kappa shape index (κ2) is 11.3. The van der Waals surface area contributed by atoms with E-state index >= 15 is 0 Å². The van der Waals surface area contributed by atoms with E-state index in [1.165, 1.54) is 18.9 Å². The fourth-order valence-electron chi connectivity index (χ4n) is 2.81. The van der Waals surface area contributed by atoms with Gasteiger partial charge in [0.25, 0.3) is 11.8 Å². The minimum atomic E-state index is -0.442. The highest BCUT2D eigenvalue weighted by molar-refractivity contribution is 5.98. The number of carbonyl (C=O) groups excluding carboxylic acids is 2. The summed E-state index contributed by atoms with van der Waals surface area (Å²) in [6.45, 7) is 2.33. The molecule has 0 aliphatic rings. The number of nitrogens with one attached hydrogen (secondary N) is 2. The number of amides is 2. The third-order valence-electron chi connectivity index (χ3n) is 4.57. The smallest absolute Gasteiger partial charge is 0.259 e. The van der Waals surface area contributed by atoms with Crippen molar-refractivity contribution in [3.63, 3.8) is 0 Å². The number of hydrogen-bond acceptors (Lipinski definition) is 5. The summed E-state index contributed by atoms with van der Waals surface area (Å²) in [6, 6.07) is 22.3. The minimum absolute atomic E-state index is 0.208. The molecule has 0 unspecified atom stereocenters. The van der Waals surface area contributed by atoms with E-state index in [-0.39, 0.29) is 6.54 Å². The van der Waals surface area contributed by atoms with Crippen LogP contribution in [0.15, 0.2) is 77.9 Å². The van der Waals surface area contributed by atoms with E-state index in [1.807, 2.05) is 43.3 Å². The Morgan fingerprint density at radius 3 is 2.41 bits per heavy atom. The summed E-state index contributed by atoms with van der Waals surface area (Å²) in [5, 5.41) is 6.45. The van der Waals surface area contributed by atoms with Gasteiger partial charge in [-0.2, -0.15) is 5.10 Å². The van der Waals surface area contributed by atoms with E-state index < -0.39 is 11.8 Å².